The van der Waals surface area contributed by atoms with Crippen molar-refractivity contribution in [2.75, 3.05) is 18.9 Å². The van der Waals surface area contributed by atoms with Crippen LogP contribution in [0.25, 0.3) is 0 Å². The Balaban J connectivity index is 1.85. The molecule has 0 aromatic carbocycles. The van der Waals surface area contributed by atoms with E-state index in [0.717, 1.165) is 25.0 Å². The van der Waals surface area contributed by atoms with E-state index >= 15 is 0 Å². The van der Waals surface area contributed by atoms with Crippen molar-refractivity contribution in [1.29, 1.82) is 0 Å². The molecule has 1 saturated carbocycles. The van der Waals surface area contributed by atoms with Gasteiger partial charge in [-0.2, -0.15) is 5.10 Å². The Kier molecular flexibility index (Phi) is 2.10. The van der Waals surface area contributed by atoms with Crippen molar-refractivity contribution in [3.8, 4) is 0 Å². The number of carbonyl (C=O) groups excluding carboxylic acids is 1. The van der Waals surface area contributed by atoms with Crippen LogP contribution in [-0.4, -0.2) is 34.3 Å². The highest BCUT2D eigenvalue weighted by Crippen LogP contribution is 2.42. The molecule has 1 saturated heterocycles. The fourth-order valence-corrected chi connectivity index (χ4v) is 1.94. The van der Waals surface area contributed by atoms with Crippen LogP contribution in [-0.2, 0) is 4.84 Å². The van der Waals surface area contributed by atoms with Crippen LogP contribution in [0.4, 0.5) is 5.69 Å². The van der Waals surface area contributed by atoms with Crippen molar-refractivity contribution in [3.05, 3.63) is 11.4 Å². The van der Waals surface area contributed by atoms with E-state index in [-0.39, 0.29) is 5.91 Å². The first-order chi connectivity index (χ1) is 7.77. The van der Waals surface area contributed by atoms with Gasteiger partial charge >= 0.3 is 0 Å². The van der Waals surface area contributed by atoms with Crippen LogP contribution in [0.3, 0.4) is 0 Å². The molecule has 2 aliphatic rings. The van der Waals surface area contributed by atoms with Gasteiger partial charge < -0.3 is 5.73 Å². The number of anilines is 1. The molecule has 3 N–H and O–H groups in total. The molecule has 0 atom stereocenters. The summed E-state index contributed by atoms with van der Waals surface area (Å²) in [7, 11) is 0. The fourth-order valence-electron chi connectivity index (χ4n) is 1.94. The van der Waals surface area contributed by atoms with E-state index in [9.17, 15) is 4.79 Å². The molecule has 0 bridgehead atoms. The summed E-state index contributed by atoms with van der Waals surface area (Å²) in [6, 6.07) is 0. The molecule has 16 heavy (non-hydrogen) atoms. The summed E-state index contributed by atoms with van der Waals surface area (Å²) in [5.41, 5.74) is 7.61. The van der Waals surface area contributed by atoms with Crippen molar-refractivity contribution in [1.82, 2.24) is 15.3 Å². The zero-order valence-corrected chi connectivity index (χ0v) is 8.90. The number of nitrogens with one attached hydrogen (secondary N) is 1. The lowest BCUT2D eigenvalue weighted by Gasteiger charge is -2.12. The van der Waals surface area contributed by atoms with Crippen molar-refractivity contribution in [3.63, 3.8) is 0 Å². The summed E-state index contributed by atoms with van der Waals surface area (Å²) in [5, 5.41) is 8.20. The van der Waals surface area contributed by atoms with Gasteiger partial charge in [0.15, 0.2) is 5.69 Å². The predicted octanol–water partition coefficient (Wildman–Crippen LogP) is 0.647. The van der Waals surface area contributed by atoms with Gasteiger partial charge in [-0.1, -0.05) is 0 Å². The van der Waals surface area contributed by atoms with E-state index in [4.69, 9.17) is 10.6 Å². The number of nitrogen functional groups attached to an aromatic ring is 1. The second-order valence-corrected chi connectivity index (χ2v) is 4.27. The van der Waals surface area contributed by atoms with Crippen LogP contribution < -0.4 is 5.73 Å². The number of carbonyl (C=O) groups is 1. The van der Waals surface area contributed by atoms with Crippen LogP contribution >= 0.6 is 0 Å². The van der Waals surface area contributed by atoms with E-state index in [1.54, 1.807) is 0 Å². The van der Waals surface area contributed by atoms with E-state index in [1.165, 1.54) is 5.06 Å². The number of hydroxylamine groups is 2. The topological polar surface area (TPSA) is 84.2 Å². The smallest absolute Gasteiger partial charge is 0.300 e. The van der Waals surface area contributed by atoms with Gasteiger partial charge in [0.1, 0.15) is 0 Å². The third-order valence-corrected chi connectivity index (χ3v) is 3.00. The average molecular weight is 222 g/mol. The van der Waals surface area contributed by atoms with E-state index in [1.807, 2.05) is 0 Å². The summed E-state index contributed by atoms with van der Waals surface area (Å²) in [6.07, 6.45) is 3.12. The molecule has 1 aliphatic heterocycles. The summed E-state index contributed by atoms with van der Waals surface area (Å²) in [6.45, 7) is 1.20. The molecule has 1 aliphatic carbocycles. The van der Waals surface area contributed by atoms with Gasteiger partial charge in [-0.15, -0.1) is 0 Å². The number of nitrogens with two attached hydrogens (primary N) is 1. The van der Waals surface area contributed by atoms with Gasteiger partial charge in [-0.05, 0) is 19.3 Å². The molecule has 3 rings (SSSR count). The van der Waals surface area contributed by atoms with Crippen LogP contribution in [0.2, 0.25) is 0 Å². The highest BCUT2D eigenvalue weighted by Gasteiger charge is 2.32. The number of hydrogen-bond donors (Lipinski definition) is 2. The summed E-state index contributed by atoms with van der Waals surface area (Å²) < 4.78 is 0. The van der Waals surface area contributed by atoms with Crippen LogP contribution in [0.1, 0.15) is 41.4 Å². The van der Waals surface area contributed by atoms with E-state index in [2.05, 4.69) is 10.2 Å². The number of rotatable bonds is 2. The largest absolute Gasteiger partial charge is 0.395 e. The highest BCUT2D eigenvalue weighted by atomic mass is 16.7. The minimum Gasteiger partial charge on any atom is -0.395 e. The first-order valence-electron chi connectivity index (χ1n) is 5.56. The molecule has 6 heteroatoms. The Morgan fingerprint density at radius 3 is 3.00 bits per heavy atom. The van der Waals surface area contributed by atoms with Crippen LogP contribution in [0.5, 0.6) is 0 Å². The Bertz CT molecular complexity index is 418. The first kappa shape index (κ1) is 9.65. The molecule has 0 spiro atoms. The standard InChI is InChI=1S/C10H14N4O2/c11-7-8(6-2-3-6)12-13-9(7)10(15)14-4-1-5-16-14/h6H,1-5,11H2,(H,12,13). The molecule has 86 valence electrons. The fraction of sp³-hybridized carbons (Fsp3) is 0.600. The van der Waals surface area contributed by atoms with Gasteiger partial charge in [0.05, 0.1) is 24.5 Å². The van der Waals surface area contributed by atoms with E-state index in [0.29, 0.717) is 30.5 Å². The number of hydrogen-bond acceptors (Lipinski definition) is 4. The molecule has 2 fully saturated rings. The Labute approximate surface area is 92.7 Å². The monoisotopic (exact) mass is 222 g/mol. The van der Waals surface area contributed by atoms with Crippen molar-refractivity contribution < 1.29 is 9.63 Å². The Hall–Kier alpha value is -1.56. The molecular formula is C10H14N4O2. The van der Waals surface area contributed by atoms with E-state index < -0.39 is 0 Å². The SMILES string of the molecule is Nc1c(C(=O)N2CCCO2)n[nH]c1C1CC1. The van der Waals surface area contributed by atoms with Crippen LogP contribution in [0.15, 0.2) is 0 Å². The number of aromatic amines is 1. The number of amides is 1. The Morgan fingerprint density at radius 1 is 1.56 bits per heavy atom. The molecule has 1 amide bonds. The Morgan fingerprint density at radius 2 is 2.38 bits per heavy atom. The van der Waals surface area contributed by atoms with Gasteiger partial charge in [0, 0.05) is 5.92 Å². The number of H-pyrrole nitrogens is 1. The zero-order chi connectivity index (χ0) is 11.1. The zero-order valence-electron chi connectivity index (χ0n) is 8.90. The molecule has 1 aromatic heterocycles. The normalized spacial score (nSPS) is 20.4. The molecule has 0 radical (unpaired) electrons. The first-order valence-corrected chi connectivity index (χ1v) is 5.56. The second-order valence-electron chi connectivity index (χ2n) is 4.27. The molecule has 6 nitrogen and oxygen atoms in total. The van der Waals surface area contributed by atoms with Gasteiger partial charge in [0.25, 0.3) is 5.91 Å². The molecule has 2 heterocycles. The summed E-state index contributed by atoms with van der Waals surface area (Å²) in [5.74, 6) is 0.228. The maximum Gasteiger partial charge on any atom is 0.300 e. The van der Waals surface area contributed by atoms with Crippen molar-refractivity contribution >= 4 is 11.6 Å². The summed E-state index contributed by atoms with van der Waals surface area (Å²) in [4.78, 5) is 17.1. The highest BCUT2D eigenvalue weighted by molar-refractivity contribution is 5.97. The lowest BCUT2D eigenvalue weighted by atomic mass is 10.2. The van der Waals surface area contributed by atoms with Gasteiger partial charge in [0.2, 0.25) is 0 Å². The molecular weight excluding hydrogens is 208 g/mol. The summed E-state index contributed by atoms with van der Waals surface area (Å²) >= 11 is 0. The third-order valence-electron chi connectivity index (χ3n) is 3.00. The van der Waals surface area contributed by atoms with Gasteiger partial charge in [-0.25, -0.2) is 5.06 Å². The second kappa shape index (κ2) is 3.48. The third kappa shape index (κ3) is 1.46. The van der Waals surface area contributed by atoms with Crippen LogP contribution in [0, 0.1) is 0 Å². The van der Waals surface area contributed by atoms with Crippen molar-refractivity contribution in [2.45, 2.75) is 25.2 Å². The number of aromatic nitrogens is 2. The minimum absolute atomic E-state index is 0.238. The quantitative estimate of drug-likeness (QED) is 0.769. The predicted molar refractivity (Wildman–Crippen MR) is 56.6 cm³/mol. The minimum atomic E-state index is -0.238. The number of nitrogens with zero attached hydrogens (tertiary/aromatic N) is 2. The lowest BCUT2D eigenvalue weighted by molar-refractivity contribution is -0.0771. The maximum absolute atomic E-state index is 12.0. The average Bonchev–Trinajstić information content (AvgIpc) is 2.84. The molecule has 0 unspecified atom stereocenters. The maximum atomic E-state index is 12.0. The van der Waals surface area contributed by atoms with Gasteiger partial charge in [-0.3, -0.25) is 14.7 Å². The molecule has 1 aromatic rings. The lowest BCUT2D eigenvalue weighted by Crippen LogP contribution is -2.27. The van der Waals surface area contributed by atoms with Crippen molar-refractivity contribution in [2.24, 2.45) is 0 Å².